The maximum Gasteiger partial charge on any atom is 0.249 e. The van der Waals surface area contributed by atoms with Crippen LogP contribution in [0.4, 0.5) is 0 Å². The summed E-state index contributed by atoms with van der Waals surface area (Å²) < 4.78 is 1.91. The molecule has 0 unspecified atom stereocenters. The summed E-state index contributed by atoms with van der Waals surface area (Å²) in [6.45, 7) is 2.16. The predicted molar refractivity (Wildman–Crippen MR) is 94.9 cm³/mol. The summed E-state index contributed by atoms with van der Waals surface area (Å²) in [5, 5.41) is 3.16. The number of rotatable bonds is 2. The van der Waals surface area contributed by atoms with Crippen molar-refractivity contribution in [2.24, 2.45) is 5.92 Å². The van der Waals surface area contributed by atoms with Crippen molar-refractivity contribution in [1.82, 2.24) is 16.2 Å². The van der Waals surface area contributed by atoms with E-state index in [4.69, 9.17) is 12.2 Å². The number of hydrazine groups is 1. The predicted octanol–water partition coefficient (Wildman–Crippen LogP) is 3.00. The van der Waals surface area contributed by atoms with Crippen LogP contribution >= 0.6 is 44.1 Å². The number of hydrogen-bond acceptors (Lipinski definition) is 2. The van der Waals surface area contributed by atoms with Gasteiger partial charge in [-0.25, -0.2) is 0 Å². The first-order valence-corrected chi connectivity index (χ1v) is 8.61. The molecule has 0 spiro atoms. The Kier molecular flexibility index (Phi) is 5.27. The minimum atomic E-state index is -0.498. The summed E-state index contributed by atoms with van der Waals surface area (Å²) in [5.74, 6) is 0.480. The topological polar surface area (TPSA) is 53.2 Å². The molecule has 0 saturated heterocycles. The van der Waals surface area contributed by atoms with E-state index in [2.05, 4.69) is 55.0 Å². The van der Waals surface area contributed by atoms with E-state index >= 15 is 0 Å². The van der Waals surface area contributed by atoms with Crippen LogP contribution in [-0.4, -0.2) is 18.1 Å². The average Bonchev–Trinajstić information content (AvgIpc) is 2.39. The van der Waals surface area contributed by atoms with Gasteiger partial charge in [0.2, 0.25) is 5.91 Å². The monoisotopic (exact) mass is 433 g/mol. The van der Waals surface area contributed by atoms with Crippen LogP contribution in [0.15, 0.2) is 27.1 Å². The third-order valence-corrected chi connectivity index (χ3v) is 4.98. The van der Waals surface area contributed by atoms with Crippen LogP contribution in [0.5, 0.6) is 0 Å². The molecule has 1 aromatic rings. The van der Waals surface area contributed by atoms with Crippen molar-refractivity contribution >= 4 is 55.1 Å². The Morgan fingerprint density at radius 2 is 1.81 bits per heavy atom. The van der Waals surface area contributed by atoms with Crippen LogP contribution in [0.25, 0.3) is 0 Å². The first-order valence-electron chi connectivity index (χ1n) is 6.62. The highest BCUT2D eigenvalue weighted by Gasteiger charge is 2.49. The fourth-order valence-electron chi connectivity index (χ4n) is 2.81. The molecule has 1 aromatic carbocycles. The van der Waals surface area contributed by atoms with Gasteiger partial charge in [-0.2, -0.15) is 0 Å². The Bertz CT molecular complexity index is 553. The van der Waals surface area contributed by atoms with Crippen LogP contribution in [0, 0.1) is 5.92 Å². The number of carbonyl (C=O) groups excluding carboxylic acids is 1. The van der Waals surface area contributed by atoms with Gasteiger partial charge in [-0.15, -0.1) is 0 Å². The molecule has 0 aromatic heterocycles. The lowest BCUT2D eigenvalue weighted by Gasteiger charge is -2.45. The fraction of sp³-hybridized carbons (Fsp3) is 0.429. The number of hydrogen-bond donors (Lipinski definition) is 3. The van der Waals surface area contributed by atoms with Crippen LogP contribution in [-0.2, 0) is 10.2 Å². The minimum absolute atomic E-state index is 0.0526. The molecule has 0 radical (unpaired) electrons. The lowest BCUT2D eigenvalue weighted by atomic mass is 9.58. The van der Waals surface area contributed by atoms with Crippen LogP contribution < -0.4 is 16.2 Å². The fourth-order valence-corrected chi connectivity index (χ4v) is 4.15. The summed E-state index contributed by atoms with van der Waals surface area (Å²) in [6, 6.07) is 5.98. The summed E-state index contributed by atoms with van der Waals surface area (Å²) in [4.78, 5) is 12.6. The second kappa shape index (κ2) is 6.62. The van der Waals surface area contributed by atoms with E-state index in [0.29, 0.717) is 11.0 Å². The molecule has 1 saturated carbocycles. The Balaban J connectivity index is 2.24. The molecule has 0 aliphatic heterocycles. The molecule has 0 bridgehead atoms. The summed E-state index contributed by atoms with van der Waals surface area (Å²) in [5.41, 5.74) is 5.94. The molecule has 1 aliphatic rings. The smallest absolute Gasteiger partial charge is 0.249 e. The van der Waals surface area contributed by atoms with Crippen molar-refractivity contribution in [2.45, 2.75) is 25.2 Å². The molecule has 1 fully saturated rings. The van der Waals surface area contributed by atoms with E-state index in [1.165, 1.54) is 0 Å². The van der Waals surface area contributed by atoms with E-state index < -0.39 is 5.41 Å². The number of amides is 1. The number of halogens is 2. The molecule has 2 rings (SSSR count). The van der Waals surface area contributed by atoms with Gasteiger partial charge in [-0.3, -0.25) is 15.6 Å². The van der Waals surface area contributed by atoms with E-state index in [0.717, 1.165) is 27.4 Å². The lowest BCUT2D eigenvalue weighted by Crippen LogP contribution is -2.57. The van der Waals surface area contributed by atoms with Crippen molar-refractivity contribution in [3.63, 3.8) is 0 Å². The van der Waals surface area contributed by atoms with Crippen molar-refractivity contribution in [1.29, 1.82) is 0 Å². The average molecular weight is 435 g/mol. The molecule has 7 heteroatoms. The molecule has 1 amide bonds. The second-order valence-electron chi connectivity index (χ2n) is 5.41. The molecule has 0 heterocycles. The Labute approximate surface area is 146 Å². The molecule has 114 valence electrons. The maximum atomic E-state index is 12.6. The normalized spacial score (nSPS) is 23.9. The van der Waals surface area contributed by atoms with Crippen molar-refractivity contribution in [3.05, 3.63) is 32.7 Å². The van der Waals surface area contributed by atoms with Crippen LogP contribution in [0.2, 0.25) is 0 Å². The number of nitrogens with one attached hydrogen (secondary N) is 3. The lowest BCUT2D eigenvalue weighted by molar-refractivity contribution is -0.132. The zero-order valence-corrected chi connectivity index (χ0v) is 15.8. The van der Waals surface area contributed by atoms with Crippen molar-refractivity contribution in [2.75, 3.05) is 7.05 Å². The number of benzene rings is 1. The van der Waals surface area contributed by atoms with Gasteiger partial charge in [0, 0.05) is 16.0 Å². The van der Waals surface area contributed by atoms with Crippen LogP contribution in [0.3, 0.4) is 0 Å². The van der Waals surface area contributed by atoms with E-state index in [-0.39, 0.29) is 5.91 Å². The van der Waals surface area contributed by atoms with E-state index in [9.17, 15) is 4.79 Å². The largest absolute Gasteiger partial charge is 0.364 e. The first kappa shape index (κ1) is 16.7. The standard InChI is InChI=1S/C14H17Br2N3OS/c1-8-6-14(7-8,12(20)18-19-13(21)17-2)9-3-10(15)5-11(16)4-9/h3-5,8H,6-7H2,1-2H3,(H,18,20)(H2,17,19,21). The molecule has 0 atom stereocenters. The third kappa shape index (κ3) is 3.57. The van der Waals surface area contributed by atoms with Gasteiger partial charge in [0.15, 0.2) is 5.11 Å². The van der Waals surface area contributed by atoms with E-state index in [1.807, 2.05) is 18.2 Å². The Morgan fingerprint density at radius 1 is 1.24 bits per heavy atom. The quantitative estimate of drug-likeness (QED) is 0.494. The first-order chi connectivity index (χ1) is 9.87. The molecular formula is C14H17Br2N3OS. The van der Waals surface area contributed by atoms with Gasteiger partial charge in [0.05, 0.1) is 5.41 Å². The van der Waals surface area contributed by atoms with Crippen LogP contribution in [0.1, 0.15) is 25.3 Å². The zero-order valence-electron chi connectivity index (χ0n) is 11.8. The van der Waals surface area contributed by atoms with Gasteiger partial charge in [-0.1, -0.05) is 38.8 Å². The Morgan fingerprint density at radius 3 is 2.29 bits per heavy atom. The Hall–Kier alpha value is -0.660. The third-order valence-electron chi connectivity index (χ3n) is 3.76. The highest BCUT2D eigenvalue weighted by molar-refractivity contribution is 9.11. The zero-order chi connectivity index (χ0) is 15.6. The SMILES string of the molecule is CNC(=S)NNC(=O)C1(c2cc(Br)cc(Br)c2)CC(C)C1. The number of thiocarbonyl (C=S) groups is 1. The summed E-state index contributed by atoms with van der Waals surface area (Å²) in [7, 11) is 1.70. The van der Waals surface area contributed by atoms with E-state index in [1.54, 1.807) is 7.05 Å². The second-order valence-corrected chi connectivity index (χ2v) is 7.65. The van der Waals surface area contributed by atoms with Gasteiger partial charge in [-0.05, 0) is 54.7 Å². The highest BCUT2D eigenvalue weighted by atomic mass is 79.9. The molecule has 1 aliphatic carbocycles. The minimum Gasteiger partial charge on any atom is -0.364 e. The van der Waals surface area contributed by atoms with Crippen molar-refractivity contribution in [3.8, 4) is 0 Å². The molecule has 4 nitrogen and oxygen atoms in total. The molecule has 3 N–H and O–H groups in total. The van der Waals surface area contributed by atoms with Gasteiger partial charge >= 0.3 is 0 Å². The summed E-state index contributed by atoms with van der Waals surface area (Å²) >= 11 is 12.0. The van der Waals surface area contributed by atoms with Gasteiger partial charge in [0.25, 0.3) is 0 Å². The van der Waals surface area contributed by atoms with Gasteiger partial charge in [0.1, 0.15) is 0 Å². The molecular weight excluding hydrogens is 418 g/mol. The molecule has 21 heavy (non-hydrogen) atoms. The summed E-state index contributed by atoms with van der Waals surface area (Å²) in [6.07, 6.45) is 1.66. The number of carbonyl (C=O) groups is 1. The van der Waals surface area contributed by atoms with Gasteiger partial charge < -0.3 is 5.32 Å². The maximum absolute atomic E-state index is 12.6. The van der Waals surface area contributed by atoms with Crippen molar-refractivity contribution < 1.29 is 4.79 Å². The highest BCUT2D eigenvalue weighted by Crippen LogP contribution is 2.48.